The number of amides is 1. The van der Waals surface area contributed by atoms with Crippen molar-refractivity contribution < 1.29 is 29.3 Å². The van der Waals surface area contributed by atoms with Gasteiger partial charge in [0.1, 0.15) is 5.75 Å². The highest BCUT2D eigenvalue weighted by Crippen LogP contribution is 2.34. The van der Waals surface area contributed by atoms with Crippen molar-refractivity contribution >= 4 is 41.2 Å². The van der Waals surface area contributed by atoms with E-state index in [0.717, 1.165) is 23.8 Å². The molecule has 0 saturated carbocycles. The number of halogens is 1. The van der Waals surface area contributed by atoms with Crippen LogP contribution < -0.4 is 10.1 Å². The lowest BCUT2D eigenvalue weighted by Gasteiger charge is -2.23. The summed E-state index contributed by atoms with van der Waals surface area (Å²) in [6.45, 7) is 3.64. The van der Waals surface area contributed by atoms with Crippen molar-refractivity contribution in [2.45, 2.75) is 18.9 Å². The summed E-state index contributed by atoms with van der Waals surface area (Å²) in [6, 6.07) is 28.0. The molecule has 1 aliphatic rings. The van der Waals surface area contributed by atoms with Gasteiger partial charge < -0.3 is 25.2 Å². The first-order chi connectivity index (χ1) is 19.3. The first kappa shape index (κ1) is 29.6. The maximum absolute atomic E-state index is 13.2. The Kier molecular flexibility index (Phi) is 9.27. The van der Waals surface area contributed by atoms with Crippen LogP contribution in [0.2, 0.25) is 0 Å². The van der Waals surface area contributed by atoms with Crippen LogP contribution >= 0.6 is 12.4 Å². The van der Waals surface area contributed by atoms with Gasteiger partial charge in [-0.1, -0.05) is 72.8 Å². The van der Waals surface area contributed by atoms with Gasteiger partial charge in [0.05, 0.1) is 11.1 Å². The van der Waals surface area contributed by atoms with E-state index in [-0.39, 0.29) is 47.2 Å². The Labute approximate surface area is 244 Å². The largest absolute Gasteiger partial charge is 0.478 e. The van der Waals surface area contributed by atoms with Gasteiger partial charge in [-0.05, 0) is 52.9 Å². The Balaban J connectivity index is 0.00000387. The van der Waals surface area contributed by atoms with E-state index in [1.807, 2.05) is 30.3 Å². The van der Waals surface area contributed by atoms with Crippen molar-refractivity contribution in [3.05, 3.63) is 113 Å². The normalized spacial score (nSPS) is 17.0. The van der Waals surface area contributed by atoms with Gasteiger partial charge in [-0.2, -0.15) is 0 Å². The van der Waals surface area contributed by atoms with E-state index in [2.05, 4.69) is 54.7 Å². The lowest BCUT2D eigenvalue weighted by atomic mass is 9.88. The van der Waals surface area contributed by atoms with Gasteiger partial charge in [0.25, 0.3) is 0 Å². The molecule has 4 aromatic carbocycles. The second-order valence-corrected chi connectivity index (χ2v) is 10.1. The van der Waals surface area contributed by atoms with Crippen molar-refractivity contribution in [1.82, 2.24) is 10.2 Å². The summed E-state index contributed by atoms with van der Waals surface area (Å²) < 4.78 is 5.50. The number of benzene rings is 4. The number of carbonyl (C=O) groups is 3. The van der Waals surface area contributed by atoms with E-state index >= 15 is 0 Å². The monoisotopic (exact) mass is 574 g/mol. The third-order valence-electron chi connectivity index (χ3n) is 7.51. The summed E-state index contributed by atoms with van der Waals surface area (Å²) in [6.07, 6.45) is -0.649. The van der Waals surface area contributed by atoms with Crippen LogP contribution in [-0.4, -0.2) is 52.8 Å². The number of rotatable bonds is 8. The Morgan fingerprint density at radius 1 is 0.878 bits per heavy atom. The number of nitrogens with one attached hydrogen (secondary N) is 1. The molecule has 212 valence electrons. The summed E-state index contributed by atoms with van der Waals surface area (Å²) in [5.41, 5.74) is 1.78. The first-order valence-corrected chi connectivity index (χ1v) is 13.1. The van der Waals surface area contributed by atoms with Crippen molar-refractivity contribution in [1.29, 1.82) is 0 Å². The number of nitrogens with zero attached hydrogens (tertiary/aromatic N) is 1. The predicted octanol–water partition coefficient (Wildman–Crippen LogP) is 6.22. The molecule has 1 saturated heterocycles. The van der Waals surface area contributed by atoms with Gasteiger partial charge in [-0.15, -0.1) is 12.4 Å². The van der Waals surface area contributed by atoms with Crippen molar-refractivity contribution in [3.8, 4) is 5.75 Å². The molecule has 4 aromatic rings. The van der Waals surface area contributed by atoms with E-state index in [1.165, 1.54) is 16.3 Å². The number of hydrogen-bond donors (Lipinski definition) is 3. The Bertz CT molecular complexity index is 1520. The van der Waals surface area contributed by atoms with Crippen LogP contribution in [0.1, 0.15) is 50.7 Å². The molecule has 1 amide bonds. The summed E-state index contributed by atoms with van der Waals surface area (Å²) in [5.74, 6) is -2.59. The van der Waals surface area contributed by atoms with E-state index in [1.54, 1.807) is 4.90 Å². The number of carbonyl (C=O) groups excluding carboxylic acids is 1. The fourth-order valence-electron chi connectivity index (χ4n) is 5.44. The lowest BCUT2D eigenvalue weighted by molar-refractivity contribution is 0.0696. The third-order valence-corrected chi connectivity index (χ3v) is 7.51. The molecular formula is C32H31ClN2O6. The average molecular weight is 575 g/mol. The van der Waals surface area contributed by atoms with Crippen molar-refractivity contribution in [2.75, 3.05) is 19.6 Å². The molecule has 1 heterocycles. The number of carboxylic acids is 2. The molecular weight excluding hydrogens is 544 g/mol. The third kappa shape index (κ3) is 6.67. The minimum atomic E-state index is -1.31. The molecule has 0 bridgehead atoms. The zero-order chi connectivity index (χ0) is 28.2. The molecule has 0 unspecified atom stereocenters. The summed E-state index contributed by atoms with van der Waals surface area (Å²) in [4.78, 5) is 37.7. The molecule has 1 aliphatic heterocycles. The molecule has 0 spiro atoms. The fourth-order valence-corrected chi connectivity index (χ4v) is 5.44. The summed E-state index contributed by atoms with van der Waals surface area (Å²) in [5, 5.41) is 24.8. The molecule has 8 nitrogen and oxygen atoms in total. The standard InChI is InChI=1S/C32H30N2O6.ClH/c1-20(27-13-7-11-21-10-5-6-12-28(21)27)33-17-25-18-34(19-29(25)22-8-3-2-4-9-22)32(39)40-26-15-23(30(35)36)14-24(16-26)31(37)38;/h2-16,20,25,29,33H,17-19H2,1H3,(H,35,36)(H,37,38);1H/t20-,25+,29-;/m1./s1. The van der Waals surface area contributed by atoms with Crippen LogP contribution in [-0.2, 0) is 0 Å². The highest BCUT2D eigenvalue weighted by molar-refractivity contribution is 5.94. The fraction of sp³-hybridized carbons (Fsp3) is 0.219. The zero-order valence-electron chi connectivity index (χ0n) is 22.4. The number of ether oxygens (including phenoxy) is 1. The molecule has 3 atom stereocenters. The Morgan fingerprint density at radius 2 is 1.51 bits per heavy atom. The van der Waals surface area contributed by atoms with E-state index in [0.29, 0.717) is 19.6 Å². The zero-order valence-corrected chi connectivity index (χ0v) is 23.2. The minimum Gasteiger partial charge on any atom is -0.478 e. The van der Waals surface area contributed by atoms with Crippen LogP contribution in [0.15, 0.2) is 91.0 Å². The molecule has 0 aliphatic carbocycles. The predicted molar refractivity (Wildman–Crippen MR) is 158 cm³/mol. The maximum Gasteiger partial charge on any atom is 0.415 e. The molecule has 1 fully saturated rings. The SMILES string of the molecule is C[C@@H](NC[C@H]1CN(C(=O)Oc2cc(C(=O)O)cc(C(=O)O)c2)C[C@@H]1c1ccccc1)c1cccc2ccccc12.Cl. The minimum absolute atomic E-state index is 0. The van der Waals surface area contributed by atoms with E-state index in [9.17, 15) is 24.6 Å². The summed E-state index contributed by atoms with van der Waals surface area (Å²) in [7, 11) is 0. The van der Waals surface area contributed by atoms with Crippen LogP contribution in [0.3, 0.4) is 0 Å². The van der Waals surface area contributed by atoms with Crippen LogP contribution in [0.25, 0.3) is 10.8 Å². The van der Waals surface area contributed by atoms with E-state index in [4.69, 9.17) is 4.74 Å². The maximum atomic E-state index is 13.2. The Hall–Kier alpha value is -4.40. The van der Waals surface area contributed by atoms with Gasteiger partial charge in [-0.25, -0.2) is 14.4 Å². The topological polar surface area (TPSA) is 116 Å². The number of likely N-dealkylation sites (tertiary alicyclic amines) is 1. The van der Waals surface area contributed by atoms with Gasteiger partial charge in [0, 0.05) is 31.6 Å². The quantitative estimate of drug-likeness (QED) is 0.229. The first-order valence-electron chi connectivity index (χ1n) is 13.1. The molecule has 5 rings (SSSR count). The number of carboxylic acid groups (broad SMARTS) is 2. The van der Waals surface area contributed by atoms with Crippen LogP contribution in [0, 0.1) is 5.92 Å². The smallest absolute Gasteiger partial charge is 0.415 e. The molecule has 0 aromatic heterocycles. The van der Waals surface area contributed by atoms with Crippen molar-refractivity contribution in [3.63, 3.8) is 0 Å². The highest BCUT2D eigenvalue weighted by Gasteiger charge is 2.37. The van der Waals surface area contributed by atoms with Crippen LogP contribution in [0.4, 0.5) is 4.79 Å². The second kappa shape index (κ2) is 12.8. The van der Waals surface area contributed by atoms with Gasteiger partial charge in [-0.3, -0.25) is 0 Å². The molecule has 9 heteroatoms. The van der Waals surface area contributed by atoms with Crippen molar-refractivity contribution in [2.24, 2.45) is 5.92 Å². The lowest BCUT2D eigenvalue weighted by Crippen LogP contribution is -2.33. The molecule has 41 heavy (non-hydrogen) atoms. The number of fused-ring (bicyclic) bond motifs is 1. The van der Waals surface area contributed by atoms with Gasteiger partial charge in [0.15, 0.2) is 0 Å². The average Bonchev–Trinajstić information content (AvgIpc) is 3.40. The van der Waals surface area contributed by atoms with Gasteiger partial charge in [0.2, 0.25) is 0 Å². The van der Waals surface area contributed by atoms with E-state index < -0.39 is 18.0 Å². The highest BCUT2D eigenvalue weighted by atomic mass is 35.5. The summed E-state index contributed by atoms with van der Waals surface area (Å²) >= 11 is 0. The number of aromatic carboxylic acids is 2. The van der Waals surface area contributed by atoms with Crippen LogP contribution in [0.5, 0.6) is 5.75 Å². The van der Waals surface area contributed by atoms with Gasteiger partial charge >= 0.3 is 18.0 Å². The number of hydrogen-bond acceptors (Lipinski definition) is 5. The molecule has 0 radical (unpaired) electrons. The molecule has 3 N–H and O–H groups in total. The second-order valence-electron chi connectivity index (χ2n) is 10.1. The Morgan fingerprint density at radius 3 is 2.20 bits per heavy atom.